The monoisotopic (exact) mass is 287 g/mol. The van der Waals surface area contributed by atoms with E-state index in [9.17, 15) is 14.3 Å². The molecule has 0 radical (unpaired) electrons. The van der Waals surface area contributed by atoms with Crippen molar-refractivity contribution in [2.75, 3.05) is 6.67 Å². The van der Waals surface area contributed by atoms with Crippen LogP contribution in [0.1, 0.15) is 15.9 Å². The van der Waals surface area contributed by atoms with Gasteiger partial charge in [0.15, 0.2) is 0 Å². The molecule has 21 heavy (non-hydrogen) atoms. The van der Waals surface area contributed by atoms with Crippen LogP contribution in [0.3, 0.4) is 0 Å². The summed E-state index contributed by atoms with van der Waals surface area (Å²) in [6.07, 6.45) is -0.845. The van der Waals surface area contributed by atoms with Gasteiger partial charge in [0.1, 0.15) is 12.8 Å². The molecule has 4 heteroatoms. The second-order valence-electron chi connectivity index (χ2n) is 4.86. The molecule has 2 atom stereocenters. The van der Waals surface area contributed by atoms with Crippen LogP contribution in [0.25, 0.3) is 0 Å². The first-order valence-electron chi connectivity index (χ1n) is 6.84. The normalized spacial score (nSPS) is 13.4. The van der Waals surface area contributed by atoms with Crippen LogP contribution < -0.4 is 5.32 Å². The van der Waals surface area contributed by atoms with Gasteiger partial charge in [-0.15, -0.1) is 0 Å². The topological polar surface area (TPSA) is 49.3 Å². The first-order valence-corrected chi connectivity index (χ1v) is 6.84. The Balaban J connectivity index is 2.08. The van der Waals surface area contributed by atoms with E-state index >= 15 is 0 Å². The van der Waals surface area contributed by atoms with Crippen LogP contribution in [-0.4, -0.2) is 29.8 Å². The van der Waals surface area contributed by atoms with Crippen LogP contribution in [0.4, 0.5) is 4.39 Å². The Labute approximate surface area is 123 Å². The molecule has 0 spiro atoms. The molecule has 0 aliphatic carbocycles. The average molecular weight is 287 g/mol. The summed E-state index contributed by atoms with van der Waals surface area (Å²) < 4.78 is 12.8. The van der Waals surface area contributed by atoms with Gasteiger partial charge >= 0.3 is 0 Å². The van der Waals surface area contributed by atoms with E-state index in [4.69, 9.17) is 0 Å². The van der Waals surface area contributed by atoms with Gasteiger partial charge in [-0.3, -0.25) is 4.79 Å². The second kappa shape index (κ2) is 7.55. The van der Waals surface area contributed by atoms with E-state index in [1.54, 1.807) is 24.3 Å². The van der Waals surface area contributed by atoms with Gasteiger partial charge in [-0.1, -0.05) is 48.5 Å². The van der Waals surface area contributed by atoms with Crippen LogP contribution in [-0.2, 0) is 6.42 Å². The third kappa shape index (κ3) is 4.39. The van der Waals surface area contributed by atoms with E-state index in [0.717, 1.165) is 5.56 Å². The molecular weight excluding hydrogens is 269 g/mol. The molecule has 3 nitrogen and oxygen atoms in total. The number of alkyl halides is 1. The summed E-state index contributed by atoms with van der Waals surface area (Å²) in [6.45, 7) is -0.896. The molecule has 0 fully saturated rings. The molecule has 110 valence electrons. The fraction of sp³-hybridized carbons (Fsp3) is 0.235. The number of benzene rings is 2. The number of hydrogen-bond acceptors (Lipinski definition) is 2. The van der Waals surface area contributed by atoms with Gasteiger partial charge in [0.2, 0.25) is 0 Å². The fourth-order valence-corrected chi connectivity index (χ4v) is 2.10. The van der Waals surface area contributed by atoms with Gasteiger partial charge in [0.05, 0.1) is 6.04 Å². The summed E-state index contributed by atoms with van der Waals surface area (Å²) >= 11 is 0. The zero-order chi connectivity index (χ0) is 15.1. The van der Waals surface area contributed by atoms with Crippen molar-refractivity contribution in [3.8, 4) is 0 Å². The standard InChI is InChI=1S/C17H18FNO2/c18-12-16(20)15(11-13-7-3-1-4-8-13)19-17(21)14-9-5-2-6-10-14/h1-10,15-16,20H,11-12H2,(H,19,21). The summed E-state index contributed by atoms with van der Waals surface area (Å²) in [7, 11) is 0. The summed E-state index contributed by atoms with van der Waals surface area (Å²) in [4.78, 5) is 12.1. The van der Waals surface area contributed by atoms with Crippen LogP contribution in [0, 0.1) is 0 Å². The van der Waals surface area contributed by atoms with Crippen molar-refractivity contribution < 1.29 is 14.3 Å². The Morgan fingerprint density at radius 2 is 1.62 bits per heavy atom. The highest BCUT2D eigenvalue weighted by molar-refractivity contribution is 5.94. The molecular formula is C17H18FNO2. The number of amides is 1. The summed E-state index contributed by atoms with van der Waals surface area (Å²) in [6, 6.07) is 17.4. The first kappa shape index (κ1) is 15.2. The van der Waals surface area contributed by atoms with Crippen molar-refractivity contribution in [3.05, 3.63) is 71.8 Å². The molecule has 2 aromatic carbocycles. The van der Waals surface area contributed by atoms with Gasteiger partial charge in [0, 0.05) is 5.56 Å². The highest BCUT2D eigenvalue weighted by atomic mass is 19.1. The maximum Gasteiger partial charge on any atom is 0.251 e. The van der Waals surface area contributed by atoms with Crippen LogP contribution in [0.2, 0.25) is 0 Å². The molecule has 2 N–H and O–H groups in total. The van der Waals surface area contributed by atoms with Gasteiger partial charge in [-0.25, -0.2) is 4.39 Å². The number of hydrogen-bond donors (Lipinski definition) is 2. The van der Waals surface area contributed by atoms with Crippen LogP contribution >= 0.6 is 0 Å². The number of carbonyl (C=O) groups excluding carboxylic acids is 1. The molecule has 0 aliphatic heterocycles. The third-order valence-corrected chi connectivity index (χ3v) is 3.27. The molecule has 0 aromatic heterocycles. The summed E-state index contributed by atoms with van der Waals surface area (Å²) in [5.74, 6) is -0.316. The van der Waals surface area contributed by atoms with Gasteiger partial charge in [-0.05, 0) is 24.1 Å². The van der Waals surface area contributed by atoms with Gasteiger partial charge < -0.3 is 10.4 Å². The largest absolute Gasteiger partial charge is 0.388 e. The zero-order valence-electron chi connectivity index (χ0n) is 11.6. The minimum absolute atomic E-state index is 0.316. The van der Waals surface area contributed by atoms with E-state index in [1.807, 2.05) is 36.4 Å². The number of aliphatic hydroxyl groups excluding tert-OH is 1. The van der Waals surface area contributed by atoms with Crippen molar-refractivity contribution in [3.63, 3.8) is 0 Å². The molecule has 2 rings (SSSR count). The molecule has 0 heterocycles. The lowest BCUT2D eigenvalue weighted by Crippen LogP contribution is -2.45. The quantitative estimate of drug-likeness (QED) is 0.857. The van der Waals surface area contributed by atoms with E-state index in [1.165, 1.54) is 0 Å². The van der Waals surface area contributed by atoms with Crippen molar-refractivity contribution >= 4 is 5.91 Å². The van der Waals surface area contributed by atoms with Crippen molar-refractivity contribution in [1.82, 2.24) is 5.32 Å². The molecule has 2 unspecified atom stereocenters. The predicted octanol–water partition coefficient (Wildman–Crippen LogP) is 2.36. The number of carbonyl (C=O) groups is 1. The number of halogens is 1. The fourth-order valence-electron chi connectivity index (χ4n) is 2.10. The summed E-state index contributed by atoms with van der Waals surface area (Å²) in [5, 5.41) is 12.5. The Hall–Kier alpha value is -2.20. The minimum Gasteiger partial charge on any atom is -0.388 e. The molecule has 0 aliphatic rings. The van der Waals surface area contributed by atoms with Crippen LogP contribution in [0.15, 0.2) is 60.7 Å². The zero-order valence-corrected chi connectivity index (χ0v) is 11.6. The second-order valence-corrected chi connectivity index (χ2v) is 4.86. The summed E-state index contributed by atoms with van der Waals surface area (Å²) in [5.41, 5.74) is 1.42. The minimum atomic E-state index is -1.22. The van der Waals surface area contributed by atoms with Crippen molar-refractivity contribution in [2.24, 2.45) is 0 Å². The highest BCUT2D eigenvalue weighted by Gasteiger charge is 2.22. The van der Waals surface area contributed by atoms with E-state index < -0.39 is 18.8 Å². The predicted molar refractivity (Wildman–Crippen MR) is 79.8 cm³/mol. The lowest BCUT2D eigenvalue weighted by molar-refractivity contribution is 0.0762. The molecule has 1 amide bonds. The molecule has 0 bridgehead atoms. The Morgan fingerprint density at radius 3 is 2.19 bits per heavy atom. The molecule has 0 saturated heterocycles. The lowest BCUT2D eigenvalue weighted by atomic mass is 10.0. The van der Waals surface area contributed by atoms with E-state index in [2.05, 4.69) is 5.32 Å². The van der Waals surface area contributed by atoms with Gasteiger partial charge in [-0.2, -0.15) is 0 Å². The van der Waals surface area contributed by atoms with E-state index in [0.29, 0.717) is 12.0 Å². The SMILES string of the molecule is O=C(NC(Cc1ccccc1)C(O)CF)c1ccccc1. The maximum absolute atomic E-state index is 12.8. The maximum atomic E-state index is 12.8. The Morgan fingerprint density at radius 1 is 1.05 bits per heavy atom. The third-order valence-electron chi connectivity index (χ3n) is 3.27. The molecule has 2 aromatic rings. The van der Waals surface area contributed by atoms with Crippen molar-refractivity contribution in [2.45, 2.75) is 18.6 Å². The average Bonchev–Trinajstić information content (AvgIpc) is 2.55. The van der Waals surface area contributed by atoms with E-state index in [-0.39, 0.29) is 5.91 Å². The first-order chi connectivity index (χ1) is 10.2. The van der Waals surface area contributed by atoms with Gasteiger partial charge in [0.25, 0.3) is 5.91 Å². The highest BCUT2D eigenvalue weighted by Crippen LogP contribution is 2.08. The molecule has 0 saturated carbocycles. The Kier molecular flexibility index (Phi) is 5.46. The van der Waals surface area contributed by atoms with Crippen LogP contribution in [0.5, 0.6) is 0 Å². The number of rotatable bonds is 6. The van der Waals surface area contributed by atoms with Crippen molar-refractivity contribution in [1.29, 1.82) is 0 Å². The Bertz CT molecular complexity index is 560. The number of aliphatic hydroxyl groups is 1. The smallest absolute Gasteiger partial charge is 0.251 e. The lowest BCUT2D eigenvalue weighted by Gasteiger charge is -2.22. The number of nitrogens with one attached hydrogen (secondary N) is 1.